The van der Waals surface area contributed by atoms with Crippen LogP contribution in [0.5, 0.6) is 17.2 Å². The average Bonchev–Trinajstić information content (AvgIpc) is 2.72. The van der Waals surface area contributed by atoms with Gasteiger partial charge < -0.3 is 14.2 Å². The third-order valence-corrected chi connectivity index (χ3v) is 4.53. The highest BCUT2D eigenvalue weighted by Gasteiger charge is 2.09. The molecule has 134 valence electrons. The number of ether oxygens (including phenoxy) is 3. The van der Waals surface area contributed by atoms with Gasteiger partial charge >= 0.3 is 0 Å². The summed E-state index contributed by atoms with van der Waals surface area (Å²) in [4.78, 5) is 0. The predicted molar refractivity (Wildman–Crippen MR) is 105 cm³/mol. The van der Waals surface area contributed by atoms with Crippen LogP contribution in [0.2, 0.25) is 0 Å². The zero-order valence-corrected chi connectivity index (χ0v) is 15.5. The van der Waals surface area contributed by atoms with Gasteiger partial charge in [0.05, 0.1) is 21.3 Å². The van der Waals surface area contributed by atoms with Crippen LogP contribution in [-0.4, -0.2) is 21.3 Å². The smallest absolute Gasteiger partial charge is 0.160 e. The fourth-order valence-corrected chi connectivity index (χ4v) is 3.12. The largest absolute Gasteiger partial charge is 0.497 e. The molecule has 0 N–H and O–H groups in total. The van der Waals surface area contributed by atoms with Gasteiger partial charge in [-0.05, 0) is 59.4 Å². The second-order valence-corrected chi connectivity index (χ2v) is 6.08. The van der Waals surface area contributed by atoms with Crippen LogP contribution in [0.15, 0.2) is 66.7 Å². The number of rotatable bonds is 7. The molecule has 3 nitrogen and oxygen atoms in total. The Balaban J connectivity index is 1.87. The minimum absolute atomic E-state index is 0.752. The van der Waals surface area contributed by atoms with Crippen molar-refractivity contribution < 1.29 is 14.2 Å². The van der Waals surface area contributed by atoms with E-state index >= 15 is 0 Å². The molecule has 0 aromatic heterocycles. The molecule has 0 aliphatic carbocycles. The van der Waals surface area contributed by atoms with Gasteiger partial charge in [-0.2, -0.15) is 0 Å². The van der Waals surface area contributed by atoms with Crippen molar-refractivity contribution in [3.05, 3.63) is 77.9 Å². The zero-order valence-electron chi connectivity index (χ0n) is 15.5. The van der Waals surface area contributed by atoms with E-state index in [4.69, 9.17) is 14.2 Å². The van der Waals surface area contributed by atoms with Crippen LogP contribution in [0, 0.1) is 0 Å². The molecule has 0 unspecified atom stereocenters. The van der Waals surface area contributed by atoms with E-state index in [-0.39, 0.29) is 0 Å². The van der Waals surface area contributed by atoms with E-state index in [0.29, 0.717) is 0 Å². The Bertz CT molecular complexity index is 857. The lowest BCUT2D eigenvalue weighted by atomic mass is 9.95. The predicted octanol–water partition coefficient (Wildman–Crippen LogP) is 5.16. The third kappa shape index (κ3) is 3.99. The summed E-state index contributed by atoms with van der Waals surface area (Å²) in [6, 6.07) is 22.8. The standard InChI is InChI=1S/C23H24O3/c1-24-20-12-13-21(18-7-5-4-6-8-18)19(16-20)11-9-17-10-14-22(25-2)23(15-17)26-3/h4-8,10,12-16H,9,11H2,1-3H3. The Morgan fingerprint density at radius 2 is 1.42 bits per heavy atom. The van der Waals surface area contributed by atoms with Gasteiger partial charge in [-0.3, -0.25) is 0 Å². The van der Waals surface area contributed by atoms with Gasteiger partial charge in [-0.25, -0.2) is 0 Å². The molecule has 26 heavy (non-hydrogen) atoms. The van der Waals surface area contributed by atoms with Crippen LogP contribution in [0.25, 0.3) is 11.1 Å². The SMILES string of the molecule is COc1ccc(-c2ccccc2)c(CCc2ccc(OC)c(OC)c2)c1. The van der Waals surface area contributed by atoms with Gasteiger partial charge in [-0.15, -0.1) is 0 Å². The van der Waals surface area contributed by atoms with Crippen molar-refractivity contribution in [3.8, 4) is 28.4 Å². The normalized spacial score (nSPS) is 10.4. The third-order valence-electron chi connectivity index (χ3n) is 4.53. The lowest BCUT2D eigenvalue weighted by molar-refractivity contribution is 0.354. The molecule has 0 bridgehead atoms. The molecule has 0 saturated heterocycles. The lowest BCUT2D eigenvalue weighted by Crippen LogP contribution is -1.97. The zero-order chi connectivity index (χ0) is 18.4. The maximum atomic E-state index is 5.43. The Morgan fingerprint density at radius 3 is 2.12 bits per heavy atom. The highest BCUT2D eigenvalue weighted by Crippen LogP contribution is 2.31. The maximum absolute atomic E-state index is 5.43. The number of hydrogen-bond donors (Lipinski definition) is 0. The van der Waals surface area contributed by atoms with E-state index in [9.17, 15) is 0 Å². The number of methoxy groups -OCH3 is 3. The Labute approximate surface area is 155 Å². The van der Waals surface area contributed by atoms with Crippen LogP contribution in [0.1, 0.15) is 11.1 Å². The van der Waals surface area contributed by atoms with Gasteiger partial charge in [0.1, 0.15) is 5.75 Å². The molecular weight excluding hydrogens is 324 g/mol. The molecule has 0 radical (unpaired) electrons. The van der Waals surface area contributed by atoms with Gasteiger partial charge in [0, 0.05) is 0 Å². The van der Waals surface area contributed by atoms with Gasteiger partial charge in [0.2, 0.25) is 0 Å². The molecule has 0 aliphatic rings. The summed E-state index contributed by atoms with van der Waals surface area (Å²) in [6.45, 7) is 0. The van der Waals surface area contributed by atoms with E-state index in [1.165, 1.54) is 22.3 Å². The van der Waals surface area contributed by atoms with E-state index in [0.717, 1.165) is 30.1 Å². The van der Waals surface area contributed by atoms with Crippen molar-refractivity contribution in [2.45, 2.75) is 12.8 Å². The summed E-state index contributed by atoms with van der Waals surface area (Å²) in [5, 5.41) is 0. The first-order valence-corrected chi connectivity index (χ1v) is 8.68. The van der Waals surface area contributed by atoms with E-state index in [1.807, 2.05) is 24.3 Å². The summed E-state index contributed by atoms with van der Waals surface area (Å²) in [5.74, 6) is 2.40. The molecule has 0 spiro atoms. The summed E-state index contributed by atoms with van der Waals surface area (Å²) < 4.78 is 16.2. The lowest BCUT2D eigenvalue weighted by Gasteiger charge is -2.13. The van der Waals surface area contributed by atoms with Crippen molar-refractivity contribution in [2.75, 3.05) is 21.3 Å². The van der Waals surface area contributed by atoms with Crippen molar-refractivity contribution in [1.29, 1.82) is 0 Å². The van der Waals surface area contributed by atoms with Crippen molar-refractivity contribution in [2.24, 2.45) is 0 Å². The van der Waals surface area contributed by atoms with Crippen LogP contribution >= 0.6 is 0 Å². The first-order chi connectivity index (χ1) is 12.7. The van der Waals surface area contributed by atoms with E-state index in [2.05, 4.69) is 42.5 Å². The topological polar surface area (TPSA) is 27.7 Å². The number of aryl methyl sites for hydroxylation is 2. The molecule has 3 aromatic rings. The summed E-state index contributed by atoms with van der Waals surface area (Å²) in [7, 11) is 5.02. The average molecular weight is 348 g/mol. The summed E-state index contributed by atoms with van der Waals surface area (Å²) in [6.07, 6.45) is 1.82. The molecular formula is C23H24O3. The molecule has 0 heterocycles. The fraction of sp³-hybridized carbons (Fsp3) is 0.217. The highest BCUT2D eigenvalue weighted by atomic mass is 16.5. The van der Waals surface area contributed by atoms with Crippen LogP contribution in [-0.2, 0) is 12.8 Å². The molecule has 0 aliphatic heterocycles. The van der Waals surface area contributed by atoms with Gasteiger partial charge in [-0.1, -0.05) is 42.5 Å². The first-order valence-electron chi connectivity index (χ1n) is 8.68. The van der Waals surface area contributed by atoms with Crippen molar-refractivity contribution in [3.63, 3.8) is 0 Å². The Morgan fingerprint density at radius 1 is 0.654 bits per heavy atom. The number of hydrogen-bond acceptors (Lipinski definition) is 3. The minimum Gasteiger partial charge on any atom is -0.497 e. The monoisotopic (exact) mass is 348 g/mol. The minimum atomic E-state index is 0.752. The molecule has 3 aromatic carbocycles. The van der Waals surface area contributed by atoms with Crippen molar-refractivity contribution >= 4 is 0 Å². The molecule has 0 fully saturated rings. The first kappa shape index (κ1) is 17.9. The molecule has 0 saturated carbocycles. The second-order valence-electron chi connectivity index (χ2n) is 6.08. The van der Waals surface area contributed by atoms with E-state index < -0.39 is 0 Å². The quantitative estimate of drug-likeness (QED) is 0.590. The van der Waals surface area contributed by atoms with Crippen LogP contribution in [0.3, 0.4) is 0 Å². The van der Waals surface area contributed by atoms with Gasteiger partial charge in [0.15, 0.2) is 11.5 Å². The molecule has 0 amide bonds. The molecule has 3 heteroatoms. The maximum Gasteiger partial charge on any atom is 0.160 e. The summed E-state index contributed by atoms with van der Waals surface area (Å²) >= 11 is 0. The van der Waals surface area contributed by atoms with Crippen LogP contribution in [0.4, 0.5) is 0 Å². The molecule has 0 atom stereocenters. The van der Waals surface area contributed by atoms with Crippen molar-refractivity contribution in [1.82, 2.24) is 0 Å². The van der Waals surface area contributed by atoms with E-state index in [1.54, 1.807) is 21.3 Å². The fourth-order valence-electron chi connectivity index (χ4n) is 3.12. The second kappa shape index (κ2) is 8.43. The Hall–Kier alpha value is -2.94. The number of benzene rings is 3. The van der Waals surface area contributed by atoms with Crippen LogP contribution < -0.4 is 14.2 Å². The molecule has 3 rings (SSSR count). The highest BCUT2D eigenvalue weighted by molar-refractivity contribution is 5.68. The Kier molecular flexibility index (Phi) is 5.80. The summed E-state index contributed by atoms with van der Waals surface area (Å²) in [5.41, 5.74) is 4.94. The van der Waals surface area contributed by atoms with Gasteiger partial charge in [0.25, 0.3) is 0 Å².